The molecule has 1 atom stereocenters. The maximum atomic E-state index is 14.0. The molecule has 0 amide bonds. The van der Waals surface area contributed by atoms with Crippen LogP contribution in [0.1, 0.15) is 33.9 Å². The minimum Gasteiger partial charge on any atom is -0.209 e. The third kappa shape index (κ3) is 7.25. The van der Waals surface area contributed by atoms with E-state index < -0.39 is 44.4 Å². The average molecular weight is 616 g/mol. The number of hydrazone groups is 1. The Balaban J connectivity index is 1.84. The van der Waals surface area contributed by atoms with Crippen molar-refractivity contribution in [2.75, 3.05) is 6.54 Å². The van der Waals surface area contributed by atoms with Gasteiger partial charge >= 0.3 is 6.18 Å². The second-order valence-corrected chi connectivity index (χ2v) is 13.1. The van der Waals surface area contributed by atoms with E-state index in [4.69, 9.17) is 0 Å². The van der Waals surface area contributed by atoms with Gasteiger partial charge in [-0.2, -0.15) is 31.1 Å². The number of nitrogens with one attached hydrogen (secondary N) is 1. The predicted octanol–water partition coefficient (Wildman–Crippen LogP) is 6.07. The van der Waals surface area contributed by atoms with Crippen LogP contribution in [0.3, 0.4) is 0 Å². The van der Waals surface area contributed by atoms with Gasteiger partial charge in [-0.15, -0.1) is 0 Å². The highest BCUT2D eigenvalue weighted by Gasteiger charge is 2.35. The van der Waals surface area contributed by atoms with Gasteiger partial charge in [-0.05, 0) is 49.7 Å². The van der Waals surface area contributed by atoms with Gasteiger partial charge in [0.2, 0.25) is 10.0 Å². The lowest BCUT2D eigenvalue weighted by Crippen LogP contribution is -2.39. The lowest BCUT2D eigenvalue weighted by Gasteiger charge is -2.29. The molecule has 0 spiro atoms. The first-order chi connectivity index (χ1) is 19.8. The van der Waals surface area contributed by atoms with Crippen molar-refractivity contribution in [1.29, 1.82) is 0 Å². The quantitative estimate of drug-likeness (QED) is 0.173. The minimum atomic E-state index is -4.72. The number of benzene rings is 4. The van der Waals surface area contributed by atoms with Gasteiger partial charge < -0.3 is 0 Å². The van der Waals surface area contributed by atoms with Crippen molar-refractivity contribution in [3.8, 4) is 0 Å². The van der Waals surface area contributed by atoms with Crippen LogP contribution in [0, 0.1) is 13.8 Å². The van der Waals surface area contributed by atoms with Crippen molar-refractivity contribution in [3.63, 3.8) is 0 Å². The Bertz CT molecular complexity index is 1760. The van der Waals surface area contributed by atoms with Gasteiger partial charge in [0, 0.05) is 12.1 Å². The summed E-state index contributed by atoms with van der Waals surface area (Å²) in [5.41, 5.74) is 0.633. The van der Waals surface area contributed by atoms with E-state index >= 15 is 0 Å². The maximum absolute atomic E-state index is 14.0. The Morgan fingerprint density at radius 2 is 1.29 bits per heavy atom. The van der Waals surface area contributed by atoms with Crippen molar-refractivity contribution < 1.29 is 30.0 Å². The molecule has 0 saturated heterocycles. The van der Waals surface area contributed by atoms with E-state index in [0.717, 1.165) is 23.4 Å². The molecule has 4 rings (SSSR count). The predicted molar refractivity (Wildman–Crippen MR) is 155 cm³/mol. The summed E-state index contributed by atoms with van der Waals surface area (Å²) in [5.74, 6) is 0. The summed E-state index contributed by atoms with van der Waals surface area (Å²) in [5, 5.41) is 4.09. The number of rotatable bonds is 10. The molecule has 0 radical (unpaired) electrons. The fraction of sp³-hybridized carbons (Fsp3) is 0.167. The highest BCUT2D eigenvalue weighted by Crippen LogP contribution is 2.32. The molecule has 42 heavy (non-hydrogen) atoms. The summed E-state index contributed by atoms with van der Waals surface area (Å²) in [4.78, 5) is -0.202. The lowest BCUT2D eigenvalue weighted by atomic mass is 10.1. The largest absolute Gasteiger partial charge is 0.417 e. The second-order valence-electron chi connectivity index (χ2n) is 9.51. The van der Waals surface area contributed by atoms with Crippen LogP contribution in [0.4, 0.5) is 13.2 Å². The number of aryl methyl sites for hydroxylation is 2. The topological polar surface area (TPSA) is 95.9 Å². The van der Waals surface area contributed by atoms with Crippen LogP contribution in [0.15, 0.2) is 118 Å². The zero-order valence-corrected chi connectivity index (χ0v) is 24.3. The summed E-state index contributed by atoms with van der Waals surface area (Å²) in [6.45, 7) is 3.11. The molecule has 7 nitrogen and oxygen atoms in total. The smallest absolute Gasteiger partial charge is 0.209 e. The van der Waals surface area contributed by atoms with Crippen LogP contribution in [0.25, 0.3) is 0 Å². The van der Waals surface area contributed by atoms with E-state index in [2.05, 4.69) is 9.82 Å². The molecule has 0 aliphatic carbocycles. The Hall–Kier alpha value is -4.00. The highest BCUT2D eigenvalue weighted by molar-refractivity contribution is 7.89. The summed E-state index contributed by atoms with van der Waals surface area (Å²) >= 11 is 0. The summed E-state index contributed by atoms with van der Waals surface area (Å²) in [6.07, 6.45) is -3.90. The molecule has 0 aromatic heterocycles. The molecule has 0 aliphatic heterocycles. The molecule has 0 aliphatic rings. The molecule has 0 saturated carbocycles. The number of alkyl halides is 3. The van der Waals surface area contributed by atoms with Gasteiger partial charge in [-0.1, -0.05) is 83.9 Å². The molecule has 1 N–H and O–H groups in total. The highest BCUT2D eigenvalue weighted by atomic mass is 32.2. The van der Waals surface area contributed by atoms with Gasteiger partial charge in [0.15, 0.2) is 0 Å². The van der Waals surface area contributed by atoms with E-state index in [0.29, 0.717) is 9.98 Å². The number of hydrogen-bond donors (Lipinski definition) is 1. The Kier molecular flexibility index (Phi) is 9.19. The fourth-order valence-corrected chi connectivity index (χ4v) is 6.54. The molecule has 1 unspecified atom stereocenters. The van der Waals surface area contributed by atoms with Gasteiger partial charge in [0.1, 0.15) is 6.04 Å². The first-order valence-electron chi connectivity index (χ1n) is 12.7. The SMILES string of the molecule is Cc1ccc(S(=O)(=O)NCC(c2ccccc2)N(/N=C/c2ccccc2C(F)(F)F)S(=O)(=O)c2ccc(C)cc2)cc1. The van der Waals surface area contributed by atoms with Crippen molar-refractivity contribution in [2.24, 2.45) is 5.10 Å². The molecule has 12 heteroatoms. The summed E-state index contributed by atoms with van der Waals surface area (Å²) < 4.78 is 98.5. The zero-order chi connectivity index (χ0) is 30.5. The summed E-state index contributed by atoms with van der Waals surface area (Å²) in [7, 11) is -8.60. The number of sulfonamides is 2. The first kappa shape index (κ1) is 30.9. The van der Waals surface area contributed by atoms with Crippen molar-refractivity contribution in [1.82, 2.24) is 9.14 Å². The van der Waals surface area contributed by atoms with Crippen LogP contribution < -0.4 is 4.72 Å². The van der Waals surface area contributed by atoms with Crippen LogP contribution >= 0.6 is 0 Å². The van der Waals surface area contributed by atoms with Crippen LogP contribution in [0.2, 0.25) is 0 Å². The second kappa shape index (κ2) is 12.5. The van der Waals surface area contributed by atoms with Crippen molar-refractivity contribution in [3.05, 3.63) is 131 Å². The minimum absolute atomic E-state index is 0.0320. The third-order valence-corrected chi connectivity index (χ3v) is 9.54. The fourth-order valence-electron chi connectivity index (χ4n) is 4.10. The van der Waals surface area contributed by atoms with E-state index in [1.54, 1.807) is 68.4 Å². The Morgan fingerprint density at radius 3 is 1.86 bits per heavy atom. The lowest BCUT2D eigenvalue weighted by molar-refractivity contribution is -0.137. The van der Waals surface area contributed by atoms with Gasteiger partial charge in [0.25, 0.3) is 10.0 Å². The average Bonchev–Trinajstić information content (AvgIpc) is 2.95. The van der Waals surface area contributed by atoms with Gasteiger partial charge in [0.05, 0.1) is 21.6 Å². The first-order valence-corrected chi connectivity index (χ1v) is 15.6. The monoisotopic (exact) mass is 615 g/mol. The van der Waals surface area contributed by atoms with Crippen molar-refractivity contribution in [2.45, 2.75) is 35.9 Å². The molecular formula is C30H28F3N3O4S2. The zero-order valence-electron chi connectivity index (χ0n) is 22.7. The molecular weight excluding hydrogens is 587 g/mol. The Morgan fingerprint density at radius 1 is 0.762 bits per heavy atom. The van der Waals surface area contributed by atoms with E-state index in [-0.39, 0.29) is 15.4 Å². The molecule has 0 fully saturated rings. The molecule has 4 aromatic rings. The Labute approximate surface area is 243 Å². The molecule has 0 bridgehead atoms. The molecule has 220 valence electrons. The number of nitrogens with zero attached hydrogens (tertiary/aromatic N) is 2. The molecule has 4 aromatic carbocycles. The number of halogens is 3. The van der Waals surface area contributed by atoms with Crippen LogP contribution in [-0.4, -0.2) is 34.0 Å². The third-order valence-electron chi connectivity index (χ3n) is 6.39. The van der Waals surface area contributed by atoms with E-state index in [1.807, 2.05) is 0 Å². The standard InChI is InChI=1S/C30H28F3N3O4S2/c1-22-12-16-26(17-13-22)41(37,38)35-21-29(24-8-4-3-5-9-24)36(42(39,40)27-18-14-23(2)15-19-27)34-20-25-10-6-7-11-28(25)30(31,32)33/h3-20,29,35H,21H2,1-2H3/b34-20+. The van der Waals surface area contributed by atoms with Gasteiger partial charge in [-0.25, -0.2) is 13.1 Å². The van der Waals surface area contributed by atoms with E-state index in [9.17, 15) is 30.0 Å². The summed E-state index contributed by atoms with van der Waals surface area (Å²) in [6, 6.07) is 23.4. The maximum Gasteiger partial charge on any atom is 0.417 e. The van der Waals surface area contributed by atoms with Gasteiger partial charge in [-0.3, -0.25) is 0 Å². The molecule has 0 heterocycles. The number of hydrogen-bond acceptors (Lipinski definition) is 5. The van der Waals surface area contributed by atoms with E-state index in [1.165, 1.54) is 42.5 Å². The van der Waals surface area contributed by atoms with Crippen LogP contribution in [-0.2, 0) is 26.2 Å². The normalized spacial score (nSPS) is 13.3. The van der Waals surface area contributed by atoms with Crippen molar-refractivity contribution >= 4 is 26.3 Å². The van der Waals surface area contributed by atoms with Crippen LogP contribution in [0.5, 0.6) is 0 Å².